The van der Waals surface area contributed by atoms with Gasteiger partial charge in [-0.2, -0.15) is 0 Å². The molecule has 1 spiro atoms. The molecule has 180 valence electrons. The Labute approximate surface area is 212 Å². The second-order valence-corrected chi connectivity index (χ2v) is 11.6. The molecular weight excluding hydrogens is 482 g/mol. The van der Waals surface area contributed by atoms with Crippen molar-refractivity contribution < 1.29 is 9.53 Å². The van der Waals surface area contributed by atoms with E-state index in [4.69, 9.17) is 21.3 Å². The second kappa shape index (κ2) is 7.98. The third-order valence-electron chi connectivity index (χ3n) is 7.69. The molecule has 2 aliphatic carbocycles. The highest BCUT2D eigenvalue weighted by molar-refractivity contribution is 7.15. The second-order valence-electron chi connectivity index (χ2n) is 10.1. The van der Waals surface area contributed by atoms with Crippen molar-refractivity contribution in [3.63, 3.8) is 0 Å². The molecule has 1 N–H and O–H groups in total. The Morgan fingerprint density at radius 2 is 2.11 bits per heavy atom. The van der Waals surface area contributed by atoms with Gasteiger partial charge in [-0.25, -0.2) is 0 Å². The van der Waals surface area contributed by atoms with Crippen molar-refractivity contribution in [3.05, 3.63) is 62.5 Å². The summed E-state index contributed by atoms with van der Waals surface area (Å²) in [5, 5.41) is 14.0. The van der Waals surface area contributed by atoms with Gasteiger partial charge >= 0.3 is 0 Å². The van der Waals surface area contributed by atoms with Gasteiger partial charge in [-0.1, -0.05) is 29.8 Å². The van der Waals surface area contributed by atoms with Crippen LogP contribution in [0.2, 0.25) is 5.02 Å². The first-order valence-electron chi connectivity index (χ1n) is 12.3. The van der Waals surface area contributed by atoms with Gasteiger partial charge in [-0.3, -0.25) is 14.4 Å². The average Bonchev–Trinajstić information content (AvgIpc) is 3.19. The molecule has 1 amide bonds. The quantitative estimate of drug-likeness (QED) is 0.577. The van der Waals surface area contributed by atoms with Crippen molar-refractivity contribution in [2.75, 3.05) is 13.2 Å². The fourth-order valence-electron chi connectivity index (χ4n) is 5.71. The number of nitrogens with one attached hydrogen (secondary N) is 1. The normalized spacial score (nSPS) is 23.8. The molecule has 2 aliphatic heterocycles. The van der Waals surface area contributed by atoms with Gasteiger partial charge < -0.3 is 10.1 Å². The maximum atomic E-state index is 13.2. The third kappa shape index (κ3) is 3.41. The van der Waals surface area contributed by atoms with Crippen molar-refractivity contribution in [1.82, 2.24) is 20.1 Å². The molecule has 1 saturated carbocycles. The number of aryl methyl sites for hydroxylation is 1. The van der Waals surface area contributed by atoms with E-state index in [2.05, 4.69) is 20.1 Å². The highest BCUT2D eigenvalue weighted by Gasteiger charge is 2.52. The number of ether oxygens (including phenoxy) is 1. The van der Waals surface area contributed by atoms with Crippen LogP contribution in [0.1, 0.15) is 58.9 Å². The molecule has 0 bridgehead atoms. The Morgan fingerprint density at radius 3 is 2.89 bits per heavy atom. The highest BCUT2D eigenvalue weighted by Crippen LogP contribution is 2.54. The number of carbonyl (C=O) groups excluding carboxylic acids is 1. The van der Waals surface area contributed by atoms with E-state index in [1.165, 1.54) is 10.4 Å². The zero-order valence-electron chi connectivity index (χ0n) is 19.5. The first-order chi connectivity index (χ1) is 17.0. The molecule has 1 aromatic carbocycles. The standard InChI is InChI=1S/C26H26ClN5O2S/c1-14-30-31-25-26(8-9-26)29-22(17-6-2-3-7-19(17)27)21-18-11-15(12-20(18)35-24(21)32(14)25)23(33)28-16-5-4-10-34-13-16/h2-3,6-7,15-16H,4-5,8-13H2,1H3,(H,28,33)/t15-,16-/m0/s1. The smallest absolute Gasteiger partial charge is 0.224 e. The number of amides is 1. The Morgan fingerprint density at radius 1 is 1.26 bits per heavy atom. The summed E-state index contributed by atoms with van der Waals surface area (Å²) < 4.78 is 7.76. The number of thiophene rings is 1. The summed E-state index contributed by atoms with van der Waals surface area (Å²) in [5.41, 5.74) is 3.83. The zero-order chi connectivity index (χ0) is 23.7. The van der Waals surface area contributed by atoms with Gasteiger partial charge in [0.05, 0.1) is 18.4 Å². The Hall–Kier alpha value is -2.55. The molecule has 35 heavy (non-hydrogen) atoms. The van der Waals surface area contributed by atoms with Crippen LogP contribution in [0.25, 0.3) is 5.00 Å². The highest BCUT2D eigenvalue weighted by atomic mass is 35.5. The molecule has 4 aliphatic rings. The number of rotatable bonds is 3. The van der Waals surface area contributed by atoms with E-state index in [1.54, 1.807) is 11.3 Å². The number of hydrogen-bond donors (Lipinski definition) is 1. The number of carbonyl (C=O) groups is 1. The number of nitrogens with zero attached hydrogens (tertiary/aromatic N) is 4. The molecule has 1 saturated heterocycles. The van der Waals surface area contributed by atoms with Crippen LogP contribution in [0, 0.1) is 12.8 Å². The number of benzene rings is 1. The Balaban J connectivity index is 1.32. The monoisotopic (exact) mass is 507 g/mol. The lowest BCUT2D eigenvalue weighted by molar-refractivity contribution is -0.126. The van der Waals surface area contributed by atoms with Crippen LogP contribution in [-0.2, 0) is 27.9 Å². The first kappa shape index (κ1) is 21.7. The number of aliphatic imine (C=N–C) groups is 1. The van der Waals surface area contributed by atoms with Crippen LogP contribution in [-0.4, -0.2) is 45.6 Å². The third-order valence-corrected chi connectivity index (χ3v) is 9.26. The summed E-state index contributed by atoms with van der Waals surface area (Å²) in [7, 11) is 0. The fourth-order valence-corrected chi connectivity index (χ4v) is 7.39. The van der Waals surface area contributed by atoms with Crippen LogP contribution in [0.4, 0.5) is 0 Å². The van der Waals surface area contributed by atoms with Crippen LogP contribution in [0.3, 0.4) is 0 Å². The lowest BCUT2D eigenvalue weighted by Crippen LogP contribution is -2.43. The molecule has 2 fully saturated rings. The van der Waals surface area contributed by atoms with Gasteiger partial charge in [0.25, 0.3) is 0 Å². The van der Waals surface area contributed by atoms with Crippen LogP contribution in [0.15, 0.2) is 29.3 Å². The molecule has 4 heterocycles. The van der Waals surface area contributed by atoms with Crippen LogP contribution < -0.4 is 5.32 Å². The summed E-state index contributed by atoms with van der Waals surface area (Å²) in [6, 6.07) is 8.04. The van der Waals surface area contributed by atoms with E-state index >= 15 is 0 Å². The van der Waals surface area contributed by atoms with E-state index in [1.807, 2.05) is 31.2 Å². The minimum atomic E-state index is -0.349. The van der Waals surface area contributed by atoms with Crippen LogP contribution in [0.5, 0.6) is 0 Å². The molecule has 7 nitrogen and oxygen atoms in total. The predicted octanol–water partition coefficient (Wildman–Crippen LogP) is 4.14. The lowest BCUT2D eigenvalue weighted by atomic mass is 9.97. The van der Waals surface area contributed by atoms with Crippen LogP contribution >= 0.6 is 22.9 Å². The summed E-state index contributed by atoms with van der Waals surface area (Å²) in [6.07, 6.45) is 5.32. The minimum absolute atomic E-state index is 0.0735. The van der Waals surface area contributed by atoms with Crippen molar-refractivity contribution in [1.29, 1.82) is 0 Å². The van der Waals surface area contributed by atoms with Gasteiger partial charge in [-0.05, 0) is 57.1 Å². The van der Waals surface area contributed by atoms with E-state index < -0.39 is 0 Å². The molecule has 0 radical (unpaired) electrons. The summed E-state index contributed by atoms with van der Waals surface area (Å²) in [4.78, 5) is 19.8. The Bertz CT molecular complexity index is 1380. The summed E-state index contributed by atoms with van der Waals surface area (Å²) in [5.74, 6) is 1.84. The number of fused-ring (bicyclic) bond motifs is 6. The van der Waals surface area contributed by atoms with Gasteiger partial charge in [0.1, 0.15) is 16.4 Å². The SMILES string of the molecule is Cc1nnc2n1-c1sc3c(c1C(c1ccccc1Cl)=NC21CC1)C[C@H](C(=O)N[C@H]1CCCOC1)C3. The number of aromatic nitrogens is 3. The van der Waals surface area contributed by atoms with E-state index in [-0.39, 0.29) is 23.4 Å². The van der Waals surface area contributed by atoms with E-state index in [9.17, 15) is 4.79 Å². The van der Waals surface area contributed by atoms with Gasteiger partial charge in [0.2, 0.25) is 5.91 Å². The van der Waals surface area contributed by atoms with Gasteiger partial charge in [0, 0.05) is 33.6 Å². The predicted molar refractivity (Wildman–Crippen MR) is 135 cm³/mol. The number of hydrogen-bond acceptors (Lipinski definition) is 6. The van der Waals surface area contributed by atoms with Gasteiger partial charge in [-0.15, -0.1) is 21.5 Å². The largest absolute Gasteiger partial charge is 0.379 e. The van der Waals surface area contributed by atoms with Gasteiger partial charge in [0.15, 0.2) is 5.82 Å². The lowest BCUT2D eigenvalue weighted by Gasteiger charge is -2.24. The summed E-state index contributed by atoms with van der Waals surface area (Å²) >= 11 is 8.48. The fraction of sp³-hybridized carbons (Fsp3) is 0.462. The van der Waals surface area contributed by atoms with Crippen molar-refractivity contribution in [2.24, 2.45) is 10.9 Å². The van der Waals surface area contributed by atoms with E-state index in [0.29, 0.717) is 18.1 Å². The molecule has 0 unspecified atom stereocenters. The van der Waals surface area contributed by atoms with Crippen molar-refractivity contribution in [3.8, 4) is 5.00 Å². The zero-order valence-corrected chi connectivity index (χ0v) is 21.1. The maximum Gasteiger partial charge on any atom is 0.224 e. The van der Waals surface area contributed by atoms with Crippen molar-refractivity contribution >= 4 is 34.6 Å². The molecule has 3 aromatic rings. The van der Waals surface area contributed by atoms with Crippen molar-refractivity contribution in [2.45, 2.75) is 57.0 Å². The topological polar surface area (TPSA) is 81.4 Å². The minimum Gasteiger partial charge on any atom is -0.379 e. The molecular formula is C26H26ClN5O2S. The molecule has 7 rings (SSSR count). The molecule has 2 atom stereocenters. The van der Waals surface area contributed by atoms with E-state index in [0.717, 1.165) is 72.2 Å². The first-order valence-corrected chi connectivity index (χ1v) is 13.5. The molecule has 9 heteroatoms. The summed E-state index contributed by atoms with van der Waals surface area (Å²) in [6.45, 7) is 3.40. The number of halogens is 1. The Kier molecular flexibility index (Phi) is 4.95. The molecule has 2 aromatic heterocycles. The average molecular weight is 508 g/mol. The maximum absolute atomic E-state index is 13.2.